The third-order valence-electron chi connectivity index (χ3n) is 3.48. The molecule has 0 radical (unpaired) electrons. The lowest BCUT2D eigenvalue weighted by molar-refractivity contribution is -0.123. The van der Waals surface area contributed by atoms with E-state index in [0.29, 0.717) is 11.5 Å². The van der Waals surface area contributed by atoms with Crippen molar-refractivity contribution in [3.05, 3.63) is 66.2 Å². The fraction of sp³-hybridized carbons (Fsp3) is 0.0556. The number of halogens is 3. The van der Waals surface area contributed by atoms with Crippen molar-refractivity contribution in [3.63, 3.8) is 0 Å². The van der Waals surface area contributed by atoms with Crippen molar-refractivity contribution in [2.45, 2.75) is 6.18 Å². The number of hydrogen-bond acceptors (Lipinski definition) is 4. The number of anilines is 1. The van der Waals surface area contributed by atoms with Crippen molar-refractivity contribution in [3.8, 4) is 11.5 Å². The number of ether oxygens (including phenoxy) is 1. The maximum atomic E-state index is 12.6. The molecule has 27 heavy (non-hydrogen) atoms. The number of benzene rings is 2. The molecule has 2 aromatic rings. The van der Waals surface area contributed by atoms with Crippen LogP contribution >= 0.6 is 12.2 Å². The Hall–Kier alpha value is -3.20. The van der Waals surface area contributed by atoms with Gasteiger partial charge in [0.25, 0.3) is 11.8 Å². The highest BCUT2D eigenvalue weighted by atomic mass is 32.1. The minimum Gasteiger partial charge on any atom is -0.457 e. The Labute approximate surface area is 157 Å². The maximum Gasteiger partial charge on any atom is 0.410 e. The van der Waals surface area contributed by atoms with Gasteiger partial charge in [0.15, 0.2) is 5.11 Å². The van der Waals surface area contributed by atoms with Crippen LogP contribution < -0.4 is 15.0 Å². The van der Waals surface area contributed by atoms with Crippen LogP contribution in [0, 0.1) is 0 Å². The third kappa shape index (κ3) is 4.32. The molecule has 0 atom stereocenters. The molecule has 1 aliphatic heterocycles. The van der Waals surface area contributed by atoms with E-state index >= 15 is 0 Å². The van der Waals surface area contributed by atoms with E-state index in [9.17, 15) is 22.8 Å². The summed E-state index contributed by atoms with van der Waals surface area (Å²) in [6, 6.07) is 14.9. The molecule has 1 aliphatic rings. The highest BCUT2D eigenvalue weighted by Gasteiger charge is 2.38. The van der Waals surface area contributed by atoms with Gasteiger partial charge in [-0.05, 0) is 48.6 Å². The van der Waals surface area contributed by atoms with Gasteiger partial charge in [-0.3, -0.25) is 19.8 Å². The number of hydrogen-bond donors (Lipinski definition) is 1. The molecule has 138 valence electrons. The molecule has 2 amide bonds. The minimum absolute atomic E-state index is 0.193. The van der Waals surface area contributed by atoms with Crippen LogP contribution in [0.4, 0.5) is 18.9 Å². The summed E-state index contributed by atoms with van der Waals surface area (Å²) in [5.74, 6) is -1.30. The molecular formula is C18H11F3N2O3S. The molecule has 2 aromatic carbocycles. The monoisotopic (exact) mass is 392 g/mol. The molecule has 1 heterocycles. The molecule has 1 fully saturated rings. The van der Waals surface area contributed by atoms with Crippen LogP contribution in [-0.4, -0.2) is 23.1 Å². The van der Waals surface area contributed by atoms with E-state index in [-0.39, 0.29) is 16.9 Å². The molecule has 3 rings (SSSR count). The van der Waals surface area contributed by atoms with Crippen molar-refractivity contribution in [2.24, 2.45) is 0 Å². The third-order valence-corrected chi connectivity index (χ3v) is 3.77. The number of nitrogens with zero attached hydrogens (tertiary/aromatic N) is 1. The summed E-state index contributed by atoms with van der Waals surface area (Å²) in [4.78, 5) is 24.9. The summed E-state index contributed by atoms with van der Waals surface area (Å²) in [6.45, 7) is 0. The zero-order valence-corrected chi connectivity index (χ0v) is 14.3. The fourth-order valence-electron chi connectivity index (χ4n) is 2.34. The minimum atomic E-state index is -4.82. The summed E-state index contributed by atoms with van der Waals surface area (Å²) in [5, 5.41) is 1.78. The Balaban J connectivity index is 1.86. The second kappa shape index (κ2) is 7.20. The second-order valence-corrected chi connectivity index (χ2v) is 5.80. The molecule has 0 aliphatic carbocycles. The van der Waals surface area contributed by atoms with Crippen LogP contribution in [0.2, 0.25) is 0 Å². The van der Waals surface area contributed by atoms with Crippen molar-refractivity contribution in [1.29, 1.82) is 0 Å². The number of rotatable bonds is 3. The molecule has 0 saturated carbocycles. The fourth-order valence-corrected chi connectivity index (χ4v) is 2.62. The van der Waals surface area contributed by atoms with Crippen molar-refractivity contribution >= 4 is 34.8 Å². The molecule has 0 bridgehead atoms. The van der Waals surface area contributed by atoms with E-state index in [1.165, 1.54) is 24.3 Å². The summed E-state index contributed by atoms with van der Waals surface area (Å²) < 4.78 is 43.4. The number of amides is 2. The quantitative estimate of drug-likeness (QED) is 0.492. The van der Waals surface area contributed by atoms with Crippen molar-refractivity contribution in [2.75, 3.05) is 4.90 Å². The molecule has 0 aromatic heterocycles. The van der Waals surface area contributed by atoms with Crippen molar-refractivity contribution in [1.82, 2.24) is 5.32 Å². The first-order valence-electron chi connectivity index (χ1n) is 7.57. The van der Waals surface area contributed by atoms with Crippen molar-refractivity contribution < 1.29 is 27.5 Å². The van der Waals surface area contributed by atoms with Gasteiger partial charge in [0.2, 0.25) is 0 Å². The Morgan fingerprint density at radius 1 is 0.963 bits per heavy atom. The summed E-state index contributed by atoms with van der Waals surface area (Å²) in [6.07, 6.45) is -5.16. The summed E-state index contributed by atoms with van der Waals surface area (Å²) in [5.41, 5.74) is -0.848. The highest BCUT2D eigenvalue weighted by Crippen LogP contribution is 2.28. The van der Waals surface area contributed by atoms with Gasteiger partial charge in [-0.15, -0.1) is 0 Å². The molecule has 1 saturated heterocycles. The van der Waals surface area contributed by atoms with Gasteiger partial charge in [-0.2, -0.15) is 13.2 Å². The highest BCUT2D eigenvalue weighted by molar-refractivity contribution is 7.80. The van der Waals surface area contributed by atoms with Gasteiger partial charge in [-0.25, -0.2) is 0 Å². The smallest absolute Gasteiger partial charge is 0.410 e. The Kier molecular flexibility index (Phi) is 4.95. The van der Waals surface area contributed by atoms with E-state index in [1.807, 2.05) is 6.07 Å². The number of para-hydroxylation sites is 1. The van der Waals surface area contributed by atoms with E-state index in [0.717, 1.165) is 4.90 Å². The summed E-state index contributed by atoms with van der Waals surface area (Å²) >= 11 is 4.93. The number of allylic oxidation sites excluding steroid dienone is 1. The van der Waals surface area contributed by atoms with Gasteiger partial charge < -0.3 is 4.74 Å². The predicted octanol–water partition coefficient (Wildman–Crippen LogP) is 3.72. The number of nitrogens with one attached hydrogen (secondary N) is 1. The lowest BCUT2D eigenvalue weighted by Crippen LogP contribution is -2.54. The van der Waals surface area contributed by atoms with E-state index in [2.05, 4.69) is 5.32 Å². The zero-order chi connectivity index (χ0) is 19.6. The standard InChI is InChI=1S/C18H11F3N2O3S/c19-18(20,21)10-14-15(24)22-17(27)23(16(14)25)11-6-8-13(9-7-11)26-12-4-2-1-3-5-12/h1-10H,(H,22,24,27). The number of alkyl halides is 3. The number of carbonyl (C=O) groups excluding carboxylic acids is 2. The summed E-state index contributed by atoms with van der Waals surface area (Å²) in [7, 11) is 0. The number of carbonyl (C=O) groups is 2. The lowest BCUT2D eigenvalue weighted by atomic mass is 10.1. The van der Waals surface area contributed by atoms with Crippen LogP contribution in [0.15, 0.2) is 66.2 Å². The lowest BCUT2D eigenvalue weighted by Gasteiger charge is -2.29. The molecule has 0 spiro atoms. The van der Waals surface area contributed by atoms with Gasteiger partial charge >= 0.3 is 6.18 Å². The van der Waals surface area contributed by atoms with Gasteiger partial charge in [-0.1, -0.05) is 18.2 Å². The maximum absolute atomic E-state index is 12.6. The average molecular weight is 392 g/mol. The SMILES string of the molecule is O=C1NC(=S)N(c2ccc(Oc3ccccc3)cc2)C(=O)C1=CC(F)(F)F. The second-order valence-electron chi connectivity index (χ2n) is 5.41. The van der Waals surface area contributed by atoms with E-state index in [4.69, 9.17) is 17.0 Å². The largest absolute Gasteiger partial charge is 0.457 e. The molecule has 9 heteroatoms. The van der Waals surface area contributed by atoms with Crippen LogP contribution in [0.3, 0.4) is 0 Å². The number of thiocarbonyl (C=S) groups is 1. The van der Waals surface area contributed by atoms with Gasteiger partial charge in [0, 0.05) is 6.08 Å². The van der Waals surface area contributed by atoms with Crippen LogP contribution in [0.5, 0.6) is 11.5 Å². The first-order valence-corrected chi connectivity index (χ1v) is 7.98. The molecule has 0 unspecified atom stereocenters. The normalized spacial score (nSPS) is 16.5. The Morgan fingerprint density at radius 2 is 1.56 bits per heavy atom. The van der Waals surface area contributed by atoms with E-state index < -0.39 is 23.6 Å². The van der Waals surface area contributed by atoms with Crippen LogP contribution in [-0.2, 0) is 9.59 Å². The Morgan fingerprint density at radius 3 is 2.15 bits per heavy atom. The predicted molar refractivity (Wildman–Crippen MR) is 95.3 cm³/mol. The van der Waals surface area contributed by atoms with E-state index in [1.54, 1.807) is 24.3 Å². The molecular weight excluding hydrogens is 381 g/mol. The molecule has 1 N–H and O–H groups in total. The average Bonchev–Trinajstić information content (AvgIpc) is 2.60. The Bertz CT molecular complexity index is 925. The topological polar surface area (TPSA) is 58.6 Å². The zero-order valence-electron chi connectivity index (χ0n) is 13.5. The van der Waals surface area contributed by atoms with Gasteiger partial charge in [0.1, 0.15) is 17.1 Å². The van der Waals surface area contributed by atoms with Crippen LogP contribution in [0.1, 0.15) is 0 Å². The molecule has 5 nitrogen and oxygen atoms in total. The van der Waals surface area contributed by atoms with Crippen LogP contribution in [0.25, 0.3) is 0 Å². The first kappa shape index (κ1) is 18.6. The van der Waals surface area contributed by atoms with Gasteiger partial charge in [0.05, 0.1) is 5.69 Å². The first-order chi connectivity index (χ1) is 12.7.